The molecule has 0 saturated carbocycles. The standard InChI is InChI=1S/C14H20BrN3S/c1-10(9-18-6-2-3-7-18)17-13-5-4-11(15)8-12(13)14(16)19/h4-5,8,10,17H,2-3,6-7,9H2,1H3,(H2,16,19). The van der Waals surface area contributed by atoms with E-state index in [1.165, 1.54) is 25.9 Å². The maximum absolute atomic E-state index is 5.78. The van der Waals surface area contributed by atoms with E-state index in [1.54, 1.807) is 0 Å². The van der Waals surface area contributed by atoms with E-state index in [0.29, 0.717) is 11.0 Å². The predicted molar refractivity (Wildman–Crippen MR) is 88.8 cm³/mol. The number of likely N-dealkylation sites (tertiary alicyclic amines) is 1. The minimum atomic E-state index is 0.382. The Morgan fingerprint density at radius 1 is 1.47 bits per heavy atom. The molecular formula is C14H20BrN3S. The van der Waals surface area contributed by atoms with Crippen LogP contribution in [0.5, 0.6) is 0 Å². The Balaban J connectivity index is 2.03. The van der Waals surface area contributed by atoms with Crippen molar-refractivity contribution in [3.05, 3.63) is 28.2 Å². The Morgan fingerprint density at radius 2 is 2.16 bits per heavy atom. The number of thiocarbonyl (C=S) groups is 1. The highest BCUT2D eigenvalue weighted by Crippen LogP contribution is 2.22. The number of hydrogen-bond donors (Lipinski definition) is 2. The number of nitrogens with two attached hydrogens (primary N) is 1. The second-order valence-electron chi connectivity index (χ2n) is 5.11. The van der Waals surface area contributed by atoms with Gasteiger partial charge in [-0.3, -0.25) is 0 Å². The molecule has 1 fully saturated rings. The summed E-state index contributed by atoms with van der Waals surface area (Å²) in [5.74, 6) is 0. The zero-order chi connectivity index (χ0) is 13.8. The van der Waals surface area contributed by atoms with Gasteiger partial charge in [0.05, 0.1) is 0 Å². The van der Waals surface area contributed by atoms with E-state index in [1.807, 2.05) is 18.2 Å². The van der Waals surface area contributed by atoms with E-state index in [2.05, 4.69) is 33.1 Å². The average Bonchev–Trinajstić information content (AvgIpc) is 2.83. The molecule has 2 rings (SSSR count). The van der Waals surface area contributed by atoms with Crippen LogP contribution in [0.3, 0.4) is 0 Å². The summed E-state index contributed by atoms with van der Waals surface area (Å²) in [5.41, 5.74) is 7.70. The molecule has 5 heteroatoms. The maximum atomic E-state index is 5.78. The maximum Gasteiger partial charge on any atom is 0.106 e. The summed E-state index contributed by atoms with van der Waals surface area (Å²) in [7, 11) is 0. The van der Waals surface area contributed by atoms with E-state index >= 15 is 0 Å². The molecule has 0 aromatic heterocycles. The third-order valence-electron chi connectivity index (χ3n) is 3.38. The van der Waals surface area contributed by atoms with E-state index in [0.717, 1.165) is 22.3 Å². The van der Waals surface area contributed by atoms with Crippen LogP contribution in [0.4, 0.5) is 5.69 Å². The molecular weight excluding hydrogens is 322 g/mol. The number of benzene rings is 1. The van der Waals surface area contributed by atoms with Crippen LogP contribution in [0.15, 0.2) is 22.7 Å². The molecule has 3 nitrogen and oxygen atoms in total. The van der Waals surface area contributed by atoms with Crippen molar-refractivity contribution in [2.24, 2.45) is 5.73 Å². The fourth-order valence-electron chi connectivity index (χ4n) is 2.51. The lowest BCUT2D eigenvalue weighted by molar-refractivity contribution is 0.328. The summed E-state index contributed by atoms with van der Waals surface area (Å²) >= 11 is 8.56. The van der Waals surface area contributed by atoms with Crippen LogP contribution in [0.25, 0.3) is 0 Å². The minimum absolute atomic E-state index is 0.382. The summed E-state index contributed by atoms with van der Waals surface area (Å²) in [6.45, 7) is 5.69. The number of nitrogens with one attached hydrogen (secondary N) is 1. The first-order chi connectivity index (χ1) is 9.06. The fraction of sp³-hybridized carbons (Fsp3) is 0.500. The van der Waals surface area contributed by atoms with E-state index < -0.39 is 0 Å². The molecule has 0 amide bonds. The molecule has 0 radical (unpaired) electrons. The smallest absolute Gasteiger partial charge is 0.106 e. The van der Waals surface area contributed by atoms with E-state index in [4.69, 9.17) is 18.0 Å². The van der Waals surface area contributed by atoms with Crippen molar-refractivity contribution < 1.29 is 0 Å². The highest BCUT2D eigenvalue weighted by Gasteiger charge is 2.15. The molecule has 1 heterocycles. The Kier molecular flexibility index (Phi) is 5.19. The van der Waals surface area contributed by atoms with Gasteiger partial charge in [0.2, 0.25) is 0 Å². The highest BCUT2D eigenvalue weighted by atomic mass is 79.9. The van der Waals surface area contributed by atoms with Crippen LogP contribution in [-0.2, 0) is 0 Å². The number of hydrogen-bond acceptors (Lipinski definition) is 3. The van der Waals surface area contributed by atoms with Crippen molar-refractivity contribution in [1.29, 1.82) is 0 Å². The normalized spacial score (nSPS) is 17.4. The molecule has 1 aliphatic rings. The Hall–Kier alpha value is -0.650. The van der Waals surface area contributed by atoms with Gasteiger partial charge in [-0.1, -0.05) is 28.1 Å². The molecule has 1 unspecified atom stereocenters. The van der Waals surface area contributed by atoms with Crippen molar-refractivity contribution >= 4 is 38.8 Å². The van der Waals surface area contributed by atoms with Crippen LogP contribution < -0.4 is 11.1 Å². The second-order valence-corrected chi connectivity index (χ2v) is 6.46. The van der Waals surface area contributed by atoms with Gasteiger partial charge in [-0.15, -0.1) is 0 Å². The quantitative estimate of drug-likeness (QED) is 0.808. The first-order valence-corrected chi connectivity index (χ1v) is 7.84. The van der Waals surface area contributed by atoms with Crippen LogP contribution >= 0.6 is 28.1 Å². The fourth-order valence-corrected chi connectivity index (χ4v) is 3.04. The zero-order valence-electron chi connectivity index (χ0n) is 11.2. The highest BCUT2D eigenvalue weighted by molar-refractivity contribution is 9.10. The van der Waals surface area contributed by atoms with Crippen molar-refractivity contribution in [2.45, 2.75) is 25.8 Å². The van der Waals surface area contributed by atoms with Gasteiger partial charge in [0.25, 0.3) is 0 Å². The molecule has 1 aromatic carbocycles. The monoisotopic (exact) mass is 341 g/mol. The second kappa shape index (κ2) is 6.68. The molecule has 0 spiro atoms. The molecule has 1 aromatic rings. The van der Waals surface area contributed by atoms with Gasteiger partial charge in [-0.25, -0.2) is 0 Å². The average molecular weight is 342 g/mol. The molecule has 3 N–H and O–H groups in total. The molecule has 104 valence electrons. The predicted octanol–water partition coefficient (Wildman–Crippen LogP) is 2.98. The Bertz CT molecular complexity index is 458. The molecule has 0 aliphatic carbocycles. The lowest BCUT2D eigenvalue weighted by atomic mass is 10.1. The lowest BCUT2D eigenvalue weighted by Crippen LogP contribution is -2.33. The number of rotatable bonds is 5. The molecule has 1 saturated heterocycles. The van der Waals surface area contributed by atoms with Crippen LogP contribution in [0.1, 0.15) is 25.3 Å². The number of anilines is 1. The number of nitrogens with zero attached hydrogens (tertiary/aromatic N) is 1. The summed E-state index contributed by atoms with van der Waals surface area (Å²) in [4.78, 5) is 2.92. The van der Waals surface area contributed by atoms with Crippen molar-refractivity contribution in [1.82, 2.24) is 4.90 Å². The first kappa shape index (κ1) is 14.8. The van der Waals surface area contributed by atoms with Gasteiger partial charge >= 0.3 is 0 Å². The topological polar surface area (TPSA) is 41.3 Å². The van der Waals surface area contributed by atoms with Gasteiger partial charge in [0, 0.05) is 28.3 Å². The molecule has 0 bridgehead atoms. The van der Waals surface area contributed by atoms with E-state index in [-0.39, 0.29) is 0 Å². The lowest BCUT2D eigenvalue weighted by Gasteiger charge is -2.23. The zero-order valence-corrected chi connectivity index (χ0v) is 13.6. The molecule has 1 aliphatic heterocycles. The molecule has 19 heavy (non-hydrogen) atoms. The van der Waals surface area contributed by atoms with Gasteiger partial charge in [-0.05, 0) is 51.1 Å². The van der Waals surface area contributed by atoms with Crippen molar-refractivity contribution in [2.75, 3.05) is 25.0 Å². The third-order valence-corrected chi connectivity index (χ3v) is 4.09. The Morgan fingerprint density at radius 3 is 2.79 bits per heavy atom. The summed E-state index contributed by atoms with van der Waals surface area (Å²) in [5, 5.41) is 3.52. The number of halogens is 1. The summed E-state index contributed by atoms with van der Waals surface area (Å²) < 4.78 is 0.994. The molecule has 1 atom stereocenters. The van der Waals surface area contributed by atoms with E-state index in [9.17, 15) is 0 Å². The van der Waals surface area contributed by atoms with Gasteiger partial charge in [0.15, 0.2) is 0 Å². The van der Waals surface area contributed by atoms with Gasteiger partial charge in [0.1, 0.15) is 4.99 Å². The summed E-state index contributed by atoms with van der Waals surface area (Å²) in [6, 6.07) is 6.38. The van der Waals surface area contributed by atoms with Crippen molar-refractivity contribution in [3.63, 3.8) is 0 Å². The van der Waals surface area contributed by atoms with Crippen LogP contribution in [0.2, 0.25) is 0 Å². The third kappa shape index (κ3) is 4.16. The Labute approximate surface area is 128 Å². The minimum Gasteiger partial charge on any atom is -0.389 e. The largest absolute Gasteiger partial charge is 0.389 e. The van der Waals surface area contributed by atoms with Gasteiger partial charge in [-0.2, -0.15) is 0 Å². The first-order valence-electron chi connectivity index (χ1n) is 6.64. The SMILES string of the molecule is CC(CN1CCCC1)Nc1ccc(Br)cc1C(N)=S. The van der Waals surface area contributed by atoms with Gasteiger partial charge < -0.3 is 16.0 Å². The van der Waals surface area contributed by atoms with Crippen LogP contribution in [0, 0.1) is 0 Å². The van der Waals surface area contributed by atoms with Crippen LogP contribution in [-0.4, -0.2) is 35.6 Å². The summed E-state index contributed by atoms with van der Waals surface area (Å²) in [6.07, 6.45) is 2.65. The van der Waals surface area contributed by atoms with Crippen molar-refractivity contribution in [3.8, 4) is 0 Å².